The Kier molecular flexibility index (Phi) is 5.67. The molecule has 0 heterocycles. The second kappa shape index (κ2) is 6.80. The minimum absolute atomic E-state index is 0.365. The van der Waals surface area contributed by atoms with Gasteiger partial charge in [-0.25, -0.2) is 4.79 Å². The van der Waals surface area contributed by atoms with Crippen LogP contribution in [0.15, 0.2) is 24.3 Å². The van der Waals surface area contributed by atoms with Crippen LogP contribution in [0.4, 0.5) is 4.79 Å². The number of amides is 1. The predicted molar refractivity (Wildman–Crippen MR) is 78.7 cm³/mol. The molecule has 1 N–H and O–H groups in total. The van der Waals surface area contributed by atoms with Crippen LogP contribution in [0, 0.1) is 0 Å². The molecule has 0 radical (unpaired) electrons. The second-order valence-corrected chi connectivity index (χ2v) is 6.11. The Labute approximate surface area is 120 Å². The molecule has 0 saturated carbocycles. The van der Waals surface area contributed by atoms with Crippen molar-refractivity contribution in [3.05, 3.63) is 34.9 Å². The molecule has 0 aliphatic heterocycles. The quantitative estimate of drug-likeness (QED) is 0.892. The van der Waals surface area contributed by atoms with Gasteiger partial charge < -0.3 is 10.1 Å². The molecule has 4 heteroatoms. The van der Waals surface area contributed by atoms with Gasteiger partial charge in [-0.1, -0.05) is 30.7 Å². The molecule has 1 unspecified atom stereocenters. The van der Waals surface area contributed by atoms with Gasteiger partial charge in [-0.3, -0.25) is 0 Å². The van der Waals surface area contributed by atoms with Crippen molar-refractivity contribution in [2.75, 3.05) is 6.54 Å². The molecular formula is C15H22ClNO2. The van der Waals surface area contributed by atoms with Crippen LogP contribution in [0.2, 0.25) is 5.02 Å². The van der Waals surface area contributed by atoms with Crippen molar-refractivity contribution in [3.63, 3.8) is 0 Å². The average molecular weight is 284 g/mol. The molecule has 0 spiro atoms. The van der Waals surface area contributed by atoms with Gasteiger partial charge in [0.05, 0.1) is 0 Å². The normalized spacial score (nSPS) is 12.9. The van der Waals surface area contributed by atoms with Crippen LogP contribution in [0.25, 0.3) is 0 Å². The number of hydrogen-bond acceptors (Lipinski definition) is 2. The third kappa shape index (κ3) is 6.48. The van der Waals surface area contributed by atoms with E-state index < -0.39 is 5.60 Å². The average Bonchev–Trinajstić information content (AvgIpc) is 2.27. The van der Waals surface area contributed by atoms with Gasteiger partial charge in [-0.2, -0.15) is 0 Å². The molecule has 1 aromatic carbocycles. The summed E-state index contributed by atoms with van der Waals surface area (Å²) < 4.78 is 5.17. The van der Waals surface area contributed by atoms with Crippen LogP contribution < -0.4 is 5.32 Å². The number of hydrogen-bond donors (Lipinski definition) is 1. The van der Waals surface area contributed by atoms with E-state index in [9.17, 15) is 4.79 Å². The van der Waals surface area contributed by atoms with E-state index in [4.69, 9.17) is 16.3 Å². The van der Waals surface area contributed by atoms with Crippen molar-refractivity contribution in [3.8, 4) is 0 Å². The summed E-state index contributed by atoms with van der Waals surface area (Å²) in [6.45, 7) is 8.27. The molecule has 0 aliphatic rings. The third-order valence-corrected chi connectivity index (χ3v) is 2.94. The third-order valence-electron chi connectivity index (χ3n) is 2.68. The number of carbonyl (C=O) groups is 1. The van der Waals surface area contributed by atoms with E-state index in [2.05, 4.69) is 12.2 Å². The topological polar surface area (TPSA) is 38.3 Å². The highest BCUT2D eigenvalue weighted by Crippen LogP contribution is 2.20. The van der Waals surface area contributed by atoms with Gasteiger partial charge in [-0.15, -0.1) is 0 Å². The maximum absolute atomic E-state index is 11.5. The number of ether oxygens (including phenoxy) is 1. The Morgan fingerprint density at radius 1 is 1.32 bits per heavy atom. The highest BCUT2D eigenvalue weighted by Gasteiger charge is 2.15. The lowest BCUT2D eigenvalue weighted by Gasteiger charge is -2.20. The largest absolute Gasteiger partial charge is 0.444 e. The van der Waals surface area contributed by atoms with Crippen LogP contribution in [0.1, 0.15) is 45.6 Å². The van der Waals surface area contributed by atoms with Crippen molar-refractivity contribution in [2.24, 2.45) is 0 Å². The smallest absolute Gasteiger partial charge is 0.407 e. The standard InChI is InChI=1S/C15H22ClNO2/c1-11(12-5-7-13(16)8-6-12)9-10-17-14(18)19-15(2,3)4/h5-8,11H,9-10H2,1-4H3,(H,17,18). The van der Waals surface area contributed by atoms with E-state index in [1.807, 2.05) is 45.0 Å². The molecule has 1 atom stereocenters. The van der Waals surface area contributed by atoms with Crippen molar-refractivity contribution < 1.29 is 9.53 Å². The highest BCUT2D eigenvalue weighted by atomic mass is 35.5. The Balaban J connectivity index is 2.33. The minimum Gasteiger partial charge on any atom is -0.444 e. The molecule has 0 aromatic heterocycles. The Morgan fingerprint density at radius 2 is 1.89 bits per heavy atom. The van der Waals surface area contributed by atoms with Crippen LogP contribution in [-0.4, -0.2) is 18.2 Å². The first kappa shape index (κ1) is 15.8. The van der Waals surface area contributed by atoms with Gasteiger partial charge in [0.1, 0.15) is 5.60 Å². The minimum atomic E-state index is -0.453. The summed E-state index contributed by atoms with van der Waals surface area (Å²) in [4.78, 5) is 11.5. The second-order valence-electron chi connectivity index (χ2n) is 5.67. The molecule has 0 aliphatic carbocycles. The maximum Gasteiger partial charge on any atom is 0.407 e. The molecule has 106 valence electrons. The molecule has 0 fully saturated rings. The highest BCUT2D eigenvalue weighted by molar-refractivity contribution is 6.30. The number of carbonyl (C=O) groups excluding carboxylic acids is 1. The van der Waals surface area contributed by atoms with E-state index in [0.717, 1.165) is 11.4 Å². The molecule has 1 aromatic rings. The Bertz CT molecular complexity index is 409. The summed E-state index contributed by atoms with van der Waals surface area (Å²) in [5.74, 6) is 0.368. The van der Waals surface area contributed by atoms with Gasteiger partial charge >= 0.3 is 6.09 Å². The summed E-state index contributed by atoms with van der Waals surface area (Å²) in [5.41, 5.74) is 0.765. The molecular weight excluding hydrogens is 262 g/mol. The molecule has 3 nitrogen and oxygen atoms in total. The lowest BCUT2D eigenvalue weighted by Crippen LogP contribution is -2.33. The van der Waals surface area contributed by atoms with E-state index in [1.165, 1.54) is 5.56 Å². The number of rotatable bonds is 4. The first-order valence-electron chi connectivity index (χ1n) is 6.50. The van der Waals surface area contributed by atoms with Crippen LogP contribution in [0.5, 0.6) is 0 Å². The van der Waals surface area contributed by atoms with Gasteiger partial charge in [0.15, 0.2) is 0 Å². The zero-order valence-corrected chi connectivity index (χ0v) is 12.8. The van der Waals surface area contributed by atoms with Crippen LogP contribution in [-0.2, 0) is 4.74 Å². The van der Waals surface area contributed by atoms with Crippen molar-refractivity contribution in [1.29, 1.82) is 0 Å². The first-order valence-corrected chi connectivity index (χ1v) is 6.88. The number of halogens is 1. The van der Waals surface area contributed by atoms with Crippen molar-refractivity contribution in [2.45, 2.75) is 45.6 Å². The van der Waals surface area contributed by atoms with E-state index in [-0.39, 0.29) is 6.09 Å². The lowest BCUT2D eigenvalue weighted by molar-refractivity contribution is 0.0526. The summed E-state index contributed by atoms with van der Waals surface area (Å²) in [6.07, 6.45) is 0.497. The monoisotopic (exact) mass is 283 g/mol. The van der Waals surface area contributed by atoms with Gasteiger partial charge in [0, 0.05) is 11.6 Å². The molecule has 0 saturated heterocycles. The maximum atomic E-state index is 11.5. The lowest BCUT2D eigenvalue weighted by atomic mass is 9.98. The molecule has 1 amide bonds. The molecule has 0 bridgehead atoms. The van der Waals surface area contributed by atoms with Gasteiger partial charge in [0.2, 0.25) is 0 Å². The van der Waals surface area contributed by atoms with E-state index in [1.54, 1.807) is 0 Å². The van der Waals surface area contributed by atoms with Crippen LogP contribution >= 0.6 is 11.6 Å². The van der Waals surface area contributed by atoms with Crippen molar-refractivity contribution in [1.82, 2.24) is 5.32 Å². The zero-order valence-electron chi connectivity index (χ0n) is 12.0. The zero-order chi connectivity index (χ0) is 14.5. The Morgan fingerprint density at radius 3 is 2.42 bits per heavy atom. The fraction of sp³-hybridized carbons (Fsp3) is 0.533. The van der Waals surface area contributed by atoms with Gasteiger partial charge in [-0.05, 0) is 50.8 Å². The van der Waals surface area contributed by atoms with E-state index in [0.29, 0.717) is 12.5 Å². The van der Waals surface area contributed by atoms with Crippen LogP contribution in [0.3, 0.4) is 0 Å². The Hall–Kier alpha value is -1.22. The number of benzene rings is 1. The summed E-state index contributed by atoms with van der Waals surface area (Å²) in [6, 6.07) is 7.80. The molecule has 1 rings (SSSR count). The predicted octanol–water partition coefficient (Wildman–Crippen LogP) is 4.36. The number of nitrogens with one attached hydrogen (secondary N) is 1. The first-order chi connectivity index (χ1) is 8.78. The molecule has 19 heavy (non-hydrogen) atoms. The van der Waals surface area contributed by atoms with Crippen molar-refractivity contribution >= 4 is 17.7 Å². The summed E-state index contributed by atoms with van der Waals surface area (Å²) in [7, 11) is 0. The fourth-order valence-corrected chi connectivity index (χ4v) is 1.79. The number of alkyl carbamates (subject to hydrolysis) is 1. The summed E-state index contributed by atoms with van der Waals surface area (Å²) >= 11 is 5.85. The fourth-order valence-electron chi connectivity index (χ4n) is 1.66. The SMILES string of the molecule is CC(CCNC(=O)OC(C)(C)C)c1ccc(Cl)cc1. The van der Waals surface area contributed by atoms with E-state index >= 15 is 0 Å². The summed E-state index contributed by atoms with van der Waals surface area (Å²) in [5, 5.41) is 3.50. The van der Waals surface area contributed by atoms with Gasteiger partial charge in [0.25, 0.3) is 0 Å².